The molecule has 1 rings (SSSR count). The predicted molar refractivity (Wildman–Crippen MR) is 58.2 cm³/mol. The van der Waals surface area contributed by atoms with E-state index in [1.54, 1.807) is 25.1 Å². The third-order valence-electron chi connectivity index (χ3n) is 1.48. The number of benzene rings is 1. The number of nitrogens with one attached hydrogen (secondary N) is 1. The number of amides is 1. The van der Waals surface area contributed by atoms with Crippen molar-refractivity contribution in [3.8, 4) is 0 Å². The molecule has 76 valence electrons. The van der Waals surface area contributed by atoms with Crippen LogP contribution < -0.4 is 5.48 Å². The average Bonchev–Trinajstić information content (AvgIpc) is 2.18. The highest BCUT2D eigenvalue weighted by Gasteiger charge is 2.09. The van der Waals surface area contributed by atoms with Crippen LogP contribution in [-0.2, 0) is 4.84 Å². The Balaban J connectivity index is 2.83. The van der Waals surface area contributed by atoms with Gasteiger partial charge < -0.3 is 0 Å². The van der Waals surface area contributed by atoms with Crippen molar-refractivity contribution in [1.82, 2.24) is 5.48 Å². The summed E-state index contributed by atoms with van der Waals surface area (Å²) in [6.45, 7) is 2.21. The molecule has 5 heteroatoms. The fourth-order valence-electron chi connectivity index (χ4n) is 0.864. The Hall–Kier alpha value is -0.580. The van der Waals surface area contributed by atoms with E-state index in [1.807, 2.05) is 0 Å². The molecule has 1 aromatic carbocycles. The third kappa shape index (κ3) is 2.97. The molecule has 0 fully saturated rings. The monoisotopic (exact) mass is 277 g/mol. The summed E-state index contributed by atoms with van der Waals surface area (Å²) in [7, 11) is 0. The maximum Gasteiger partial charge on any atom is 0.276 e. The fourth-order valence-corrected chi connectivity index (χ4v) is 1.46. The average molecular weight is 279 g/mol. The molecule has 1 N–H and O–H groups in total. The van der Waals surface area contributed by atoms with E-state index in [9.17, 15) is 4.79 Å². The van der Waals surface area contributed by atoms with Gasteiger partial charge in [0, 0.05) is 9.50 Å². The molecule has 0 heterocycles. The molecular formula is C9H9BrClNO2. The second kappa shape index (κ2) is 5.34. The van der Waals surface area contributed by atoms with Crippen molar-refractivity contribution < 1.29 is 9.63 Å². The van der Waals surface area contributed by atoms with Gasteiger partial charge in [-0.3, -0.25) is 9.63 Å². The molecule has 0 aliphatic carbocycles. The second-order valence-corrected chi connectivity index (χ2v) is 3.78. The van der Waals surface area contributed by atoms with Crippen molar-refractivity contribution >= 4 is 33.4 Å². The SMILES string of the molecule is CCONC(=O)c1cc(Cl)ccc1Br. The number of rotatable bonds is 3. The first-order valence-corrected chi connectivity index (χ1v) is 5.19. The highest BCUT2D eigenvalue weighted by atomic mass is 79.9. The first kappa shape index (κ1) is 11.5. The maximum atomic E-state index is 11.5. The van der Waals surface area contributed by atoms with E-state index in [-0.39, 0.29) is 5.91 Å². The Morgan fingerprint density at radius 3 is 3.00 bits per heavy atom. The summed E-state index contributed by atoms with van der Waals surface area (Å²) in [6.07, 6.45) is 0. The van der Waals surface area contributed by atoms with E-state index >= 15 is 0 Å². The van der Waals surface area contributed by atoms with E-state index in [4.69, 9.17) is 16.4 Å². The number of hydrogen-bond donors (Lipinski definition) is 1. The molecule has 0 saturated heterocycles. The number of hydroxylamine groups is 1. The van der Waals surface area contributed by atoms with Crippen LogP contribution in [0.5, 0.6) is 0 Å². The van der Waals surface area contributed by atoms with Crippen molar-refractivity contribution in [1.29, 1.82) is 0 Å². The third-order valence-corrected chi connectivity index (χ3v) is 2.41. The molecule has 14 heavy (non-hydrogen) atoms. The van der Waals surface area contributed by atoms with Crippen LogP contribution in [0.15, 0.2) is 22.7 Å². The van der Waals surface area contributed by atoms with Crippen molar-refractivity contribution in [2.45, 2.75) is 6.92 Å². The lowest BCUT2D eigenvalue weighted by molar-refractivity contribution is 0.0364. The number of halogens is 2. The molecule has 0 aliphatic heterocycles. The van der Waals surface area contributed by atoms with Gasteiger partial charge in [0.15, 0.2) is 0 Å². The summed E-state index contributed by atoms with van der Waals surface area (Å²) in [4.78, 5) is 16.2. The van der Waals surface area contributed by atoms with Crippen molar-refractivity contribution in [3.05, 3.63) is 33.3 Å². The quantitative estimate of drug-likeness (QED) is 0.864. The fraction of sp³-hybridized carbons (Fsp3) is 0.222. The van der Waals surface area contributed by atoms with Gasteiger partial charge in [0.05, 0.1) is 12.2 Å². The summed E-state index contributed by atoms with van der Waals surface area (Å²) in [5.41, 5.74) is 2.74. The van der Waals surface area contributed by atoms with Gasteiger partial charge in [0.1, 0.15) is 0 Å². The Bertz CT molecular complexity index is 344. The van der Waals surface area contributed by atoms with Crippen LogP contribution in [0.4, 0.5) is 0 Å². The zero-order chi connectivity index (χ0) is 10.6. The topological polar surface area (TPSA) is 38.3 Å². The van der Waals surface area contributed by atoms with Crippen molar-refractivity contribution in [2.75, 3.05) is 6.61 Å². The van der Waals surface area contributed by atoms with E-state index in [0.717, 1.165) is 0 Å². The van der Waals surface area contributed by atoms with Crippen molar-refractivity contribution in [2.24, 2.45) is 0 Å². The Morgan fingerprint density at radius 1 is 1.64 bits per heavy atom. The minimum absolute atomic E-state index is 0.318. The van der Waals surface area contributed by atoms with Gasteiger partial charge in [-0.15, -0.1) is 0 Å². The van der Waals surface area contributed by atoms with Gasteiger partial charge >= 0.3 is 0 Å². The zero-order valence-corrected chi connectivity index (χ0v) is 9.85. The summed E-state index contributed by atoms with van der Waals surface area (Å²) in [5, 5.41) is 0.509. The Labute approximate surface area is 95.5 Å². The van der Waals surface area contributed by atoms with E-state index < -0.39 is 0 Å². The molecule has 0 unspecified atom stereocenters. The van der Waals surface area contributed by atoms with Gasteiger partial charge in [-0.2, -0.15) is 0 Å². The molecule has 0 radical (unpaired) electrons. The lowest BCUT2D eigenvalue weighted by Crippen LogP contribution is -2.23. The highest BCUT2D eigenvalue weighted by Crippen LogP contribution is 2.20. The molecule has 0 saturated carbocycles. The Kier molecular flexibility index (Phi) is 4.38. The van der Waals surface area contributed by atoms with Gasteiger partial charge in [0.25, 0.3) is 5.91 Å². The first-order chi connectivity index (χ1) is 6.65. The predicted octanol–water partition coefficient (Wildman–Crippen LogP) is 2.78. The van der Waals surface area contributed by atoms with E-state index in [0.29, 0.717) is 21.7 Å². The van der Waals surface area contributed by atoms with Crippen LogP contribution in [0, 0.1) is 0 Å². The van der Waals surface area contributed by atoms with E-state index in [1.165, 1.54) is 0 Å². The van der Waals surface area contributed by atoms with Crippen LogP contribution in [0.2, 0.25) is 5.02 Å². The summed E-state index contributed by atoms with van der Waals surface area (Å²) in [6, 6.07) is 4.98. The standard InChI is InChI=1S/C9H9BrClNO2/c1-2-14-12-9(13)7-5-6(11)3-4-8(7)10/h3-5H,2H2,1H3,(H,12,13). The number of carbonyl (C=O) groups is 1. The molecule has 3 nitrogen and oxygen atoms in total. The summed E-state index contributed by atoms with van der Waals surface area (Å²) in [5.74, 6) is -0.318. The smallest absolute Gasteiger partial charge is 0.274 e. The van der Waals surface area contributed by atoms with Gasteiger partial charge in [-0.05, 0) is 41.1 Å². The highest BCUT2D eigenvalue weighted by molar-refractivity contribution is 9.10. The molecule has 1 aromatic rings. The number of hydrogen-bond acceptors (Lipinski definition) is 2. The van der Waals surface area contributed by atoms with Crippen LogP contribution in [0.3, 0.4) is 0 Å². The van der Waals surface area contributed by atoms with Crippen LogP contribution in [0.25, 0.3) is 0 Å². The molecule has 0 aromatic heterocycles. The molecule has 0 bridgehead atoms. The largest absolute Gasteiger partial charge is 0.276 e. The number of carbonyl (C=O) groups excluding carboxylic acids is 1. The van der Waals surface area contributed by atoms with Gasteiger partial charge in [0.2, 0.25) is 0 Å². The van der Waals surface area contributed by atoms with Crippen LogP contribution in [-0.4, -0.2) is 12.5 Å². The molecular weight excluding hydrogens is 269 g/mol. The minimum Gasteiger partial charge on any atom is -0.274 e. The zero-order valence-electron chi connectivity index (χ0n) is 7.51. The molecule has 0 atom stereocenters. The van der Waals surface area contributed by atoms with Gasteiger partial charge in [-0.25, -0.2) is 5.48 Å². The molecule has 0 spiro atoms. The van der Waals surface area contributed by atoms with Crippen LogP contribution in [0.1, 0.15) is 17.3 Å². The first-order valence-electron chi connectivity index (χ1n) is 4.02. The molecule has 1 amide bonds. The minimum atomic E-state index is -0.318. The van der Waals surface area contributed by atoms with Crippen LogP contribution >= 0.6 is 27.5 Å². The van der Waals surface area contributed by atoms with Gasteiger partial charge in [-0.1, -0.05) is 11.6 Å². The second-order valence-electron chi connectivity index (χ2n) is 2.49. The lowest BCUT2D eigenvalue weighted by Gasteiger charge is -2.05. The summed E-state index contributed by atoms with van der Waals surface area (Å²) >= 11 is 9.00. The Morgan fingerprint density at radius 2 is 2.36 bits per heavy atom. The van der Waals surface area contributed by atoms with E-state index in [2.05, 4.69) is 21.4 Å². The molecule has 0 aliphatic rings. The maximum absolute atomic E-state index is 11.5. The summed E-state index contributed by atoms with van der Waals surface area (Å²) < 4.78 is 0.680. The normalized spacial score (nSPS) is 9.93. The lowest BCUT2D eigenvalue weighted by atomic mass is 10.2. The van der Waals surface area contributed by atoms with Crippen molar-refractivity contribution in [3.63, 3.8) is 0 Å².